The van der Waals surface area contributed by atoms with Gasteiger partial charge in [0.15, 0.2) is 0 Å². The molecule has 0 aliphatic carbocycles. The molecule has 0 atom stereocenters. The molecule has 0 heterocycles. The Morgan fingerprint density at radius 1 is 1.57 bits per heavy atom. The number of hydrogen-bond donors (Lipinski definition) is 2. The van der Waals surface area contributed by atoms with Gasteiger partial charge in [0.25, 0.3) is 0 Å². The minimum Gasteiger partial charge on any atom is -0.478 e. The highest BCUT2D eigenvalue weighted by Crippen LogP contribution is 2.13. The molecule has 4 heteroatoms. The average Bonchev–Trinajstić information content (AvgIpc) is 2.15. The van der Waals surface area contributed by atoms with Gasteiger partial charge >= 0.3 is 5.97 Å². The number of carbonyl (C=O) groups is 1. The van der Waals surface area contributed by atoms with Gasteiger partial charge in [0.2, 0.25) is 0 Å². The van der Waals surface area contributed by atoms with E-state index >= 15 is 0 Å². The van der Waals surface area contributed by atoms with Gasteiger partial charge in [0.05, 0.1) is 5.56 Å². The normalized spacial score (nSPS) is 10.1. The predicted octanol–water partition coefficient (Wildman–Crippen LogP) is 2.10. The first-order valence-electron chi connectivity index (χ1n) is 4.37. The van der Waals surface area contributed by atoms with Gasteiger partial charge in [-0.15, -0.1) is 0 Å². The monoisotopic (exact) mass is 305 g/mol. The van der Waals surface area contributed by atoms with Crippen molar-refractivity contribution in [1.29, 1.82) is 0 Å². The third-order valence-electron chi connectivity index (χ3n) is 1.87. The molecule has 2 N–H and O–H groups in total. The molecule has 0 aliphatic heterocycles. The van der Waals surface area contributed by atoms with E-state index < -0.39 is 5.97 Å². The number of hydrogen-bond acceptors (Lipinski definition) is 2. The molecule has 1 aromatic carbocycles. The smallest absolute Gasteiger partial charge is 0.336 e. The van der Waals surface area contributed by atoms with Crippen LogP contribution in [0.1, 0.15) is 22.8 Å². The van der Waals surface area contributed by atoms with Crippen LogP contribution in [0.5, 0.6) is 0 Å². The number of aromatic carboxylic acids is 1. The van der Waals surface area contributed by atoms with Gasteiger partial charge in [-0.2, -0.15) is 0 Å². The molecule has 0 aromatic heterocycles. The van der Waals surface area contributed by atoms with E-state index in [1.807, 2.05) is 19.1 Å². The minimum atomic E-state index is -0.864. The number of halogens is 1. The van der Waals surface area contributed by atoms with E-state index in [-0.39, 0.29) is 0 Å². The van der Waals surface area contributed by atoms with E-state index in [1.54, 1.807) is 6.07 Å². The van der Waals surface area contributed by atoms with E-state index in [4.69, 9.17) is 5.11 Å². The molecule has 0 amide bonds. The maximum absolute atomic E-state index is 10.9. The second-order valence-corrected chi connectivity index (χ2v) is 4.13. The van der Waals surface area contributed by atoms with Crippen LogP contribution in [0.4, 0.5) is 0 Å². The largest absolute Gasteiger partial charge is 0.478 e. The molecule has 0 saturated carbocycles. The van der Waals surface area contributed by atoms with Crippen molar-refractivity contribution < 1.29 is 9.90 Å². The van der Waals surface area contributed by atoms with Gasteiger partial charge in [-0.25, -0.2) is 4.79 Å². The van der Waals surface area contributed by atoms with Gasteiger partial charge in [-0.3, -0.25) is 0 Å². The van der Waals surface area contributed by atoms with Crippen molar-refractivity contribution in [2.45, 2.75) is 13.5 Å². The fraction of sp³-hybridized carbons (Fsp3) is 0.300. The lowest BCUT2D eigenvalue weighted by Gasteiger charge is -2.06. The lowest BCUT2D eigenvalue weighted by molar-refractivity contribution is 0.0695. The highest BCUT2D eigenvalue weighted by Gasteiger charge is 2.09. The first-order chi connectivity index (χ1) is 6.65. The Hall–Kier alpha value is -0.620. The van der Waals surface area contributed by atoms with Crippen molar-refractivity contribution in [1.82, 2.24) is 5.32 Å². The van der Waals surface area contributed by atoms with E-state index in [0.717, 1.165) is 15.7 Å². The standard InChI is InChI=1S/C10H12INO2/c1-2-12-6-7-3-4-8(11)5-9(7)10(13)14/h3-5,12H,2,6H2,1H3,(H,13,14). The van der Waals surface area contributed by atoms with Gasteiger partial charge in [-0.1, -0.05) is 13.0 Å². The Balaban J connectivity index is 2.96. The molecule has 0 spiro atoms. The quantitative estimate of drug-likeness (QED) is 0.838. The van der Waals surface area contributed by atoms with Crippen LogP contribution in [0.2, 0.25) is 0 Å². The summed E-state index contributed by atoms with van der Waals surface area (Å²) < 4.78 is 0.945. The van der Waals surface area contributed by atoms with Crippen molar-refractivity contribution in [3.8, 4) is 0 Å². The van der Waals surface area contributed by atoms with Crippen molar-refractivity contribution in [2.24, 2.45) is 0 Å². The van der Waals surface area contributed by atoms with Crippen LogP contribution >= 0.6 is 22.6 Å². The predicted molar refractivity (Wildman–Crippen MR) is 63.5 cm³/mol. The Morgan fingerprint density at radius 2 is 2.29 bits per heavy atom. The summed E-state index contributed by atoms with van der Waals surface area (Å²) in [5.41, 5.74) is 1.22. The number of nitrogens with one attached hydrogen (secondary N) is 1. The number of carboxylic acids is 1. The summed E-state index contributed by atoms with van der Waals surface area (Å²) in [6, 6.07) is 5.46. The van der Waals surface area contributed by atoms with Crippen molar-refractivity contribution in [3.05, 3.63) is 32.9 Å². The van der Waals surface area contributed by atoms with Crippen LogP contribution in [-0.4, -0.2) is 17.6 Å². The molecular formula is C10H12INO2. The van der Waals surface area contributed by atoms with Gasteiger partial charge in [-0.05, 0) is 46.8 Å². The van der Waals surface area contributed by atoms with Crippen molar-refractivity contribution >= 4 is 28.6 Å². The highest BCUT2D eigenvalue weighted by molar-refractivity contribution is 14.1. The molecule has 1 rings (SSSR count). The van der Waals surface area contributed by atoms with Crippen LogP contribution in [0.15, 0.2) is 18.2 Å². The molecule has 0 fully saturated rings. The van der Waals surface area contributed by atoms with E-state index in [0.29, 0.717) is 12.1 Å². The highest BCUT2D eigenvalue weighted by atomic mass is 127. The molecule has 0 radical (unpaired) electrons. The van der Waals surface area contributed by atoms with E-state index in [9.17, 15) is 4.79 Å². The summed E-state index contributed by atoms with van der Waals surface area (Å²) in [7, 11) is 0. The average molecular weight is 305 g/mol. The van der Waals surface area contributed by atoms with Crippen molar-refractivity contribution in [2.75, 3.05) is 6.54 Å². The molecule has 0 unspecified atom stereocenters. The number of rotatable bonds is 4. The molecule has 0 saturated heterocycles. The third kappa shape index (κ3) is 2.95. The summed E-state index contributed by atoms with van der Waals surface area (Å²) in [6.07, 6.45) is 0. The van der Waals surface area contributed by atoms with Crippen LogP contribution in [0.3, 0.4) is 0 Å². The SMILES string of the molecule is CCNCc1ccc(I)cc1C(=O)O. The maximum Gasteiger partial charge on any atom is 0.336 e. The Kier molecular flexibility index (Phi) is 4.34. The van der Waals surface area contributed by atoms with Crippen LogP contribution in [0.25, 0.3) is 0 Å². The topological polar surface area (TPSA) is 49.3 Å². The van der Waals surface area contributed by atoms with Crippen LogP contribution in [0, 0.1) is 3.57 Å². The second-order valence-electron chi connectivity index (χ2n) is 2.89. The van der Waals surface area contributed by atoms with Gasteiger partial charge in [0.1, 0.15) is 0 Å². The first kappa shape index (κ1) is 11.5. The molecule has 14 heavy (non-hydrogen) atoms. The summed E-state index contributed by atoms with van der Waals surface area (Å²) >= 11 is 2.11. The summed E-state index contributed by atoms with van der Waals surface area (Å²) in [5.74, 6) is -0.864. The van der Waals surface area contributed by atoms with E-state index in [2.05, 4.69) is 27.9 Å². The Morgan fingerprint density at radius 3 is 2.86 bits per heavy atom. The van der Waals surface area contributed by atoms with Crippen LogP contribution < -0.4 is 5.32 Å². The number of carboxylic acid groups (broad SMARTS) is 1. The zero-order valence-corrected chi connectivity index (χ0v) is 10.0. The van der Waals surface area contributed by atoms with Gasteiger partial charge in [0, 0.05) is 10.1 Å². The van der Waals surface area contributed by atoms with E-state index in [1.165, 1.54) is 0 Å². The number of benzene rings is 1. The zero-order chi connectivity index (χ0) is 10.6. The third-order valence-corrected chi connectivity index (χ3v) is 2.54. The fourth-order valence-electron chi connectivity index (χ4n) is 1.16. The summed E-state index contributed by atoms with van der Waals surface area (Å²) in [4.78, 5) is 10.9. The van der Waals surface area contributed by atoms with Gasteiger partial charge < -0.3 is 10.4 Å². The fourth-order valence-corrected chi connectivity index (χ4v) is 1.65. The molecule has 0 aliphatic rings. The molecule has 1 aromatic rings. The first-order valence-corrected chi connectivity index (χ1v) is 5.45. The maximum atomic E-state index is 10.9. The van der Waals surface area contributed by atoms with Crippen molar-refractivity contribution in [3.63, 3.8) is 0 Å². The Labute approximate surface area is 96.7 Å². The minimum absolute atomic E-state index is 0.387. The lowest BCUT2D eigenvalue weighted by atomic mass is 10.1. The molecule has 0 bridgehead atoms. The molecule has 76 valence electrons. The van der Waals surface area contributed by atoms with Crippen LogP contribution in [-0.2, 0) is 6.54 Å². The molecule has 3 nitrogen and oxygen atoms in total. The Bertz CT molecular complexity index is 339. The molecular weight excluding hydrogens is 293 g/mol. The lowest BCUT2D eigenvalue weighted by Crippen LogP contribution is -2.15. The summed E-state index contributed by atoms with van der Waals surface area (Å²) in [5, 5.41) is 12.1. The second kappa shape index (κ2) is 5.31. The zero-order valence-electron chi connectivity index (χ0n) is 7.88. The summed E-state index contributed by atoms with van der Waals surface area (Å²) in [6.45, 7) is 3.44.